The van der Waals surface area contributed by atoms with Gasteiger partial charge < -0.3 is 4.90 Å². The summed E-state index contributed by atoms with van der Waals surface area (Å²) in [5.41, 5.74) is 3.27. The van der Waals surface area contributed by atoms with Crippen LogP contribution in [0.2, 0.25) is 0 Å². The van der Waals surface area contributed by atoms with Gasteiger partial charge in [-0.3, -0.25) is 4.90 Å². The van der Waals surface area contributed by atoms with Gasteiger partial charge in [-0.25, -0.2) is 0 Å². The third-order valence-corrected chi connectivity index (χ3v) is 5.57. The van der Waals surface area contributed by atoms with Crippen LogP contribution in [0, 0.1) is 0 Å². The zero-order valence-corrected chi connectivity index (χ0v) is 11.9. The number of hydrogen-bond acceptors (Lipinski definition) is 2. The fourth-order valence-electron chi connectivity index (χ4n) is 4.62. The van der Waals surface area contributed by atoms with Crippen molar-refractivity contribution in [2.24, 2.45) is 0 Å². The van der Waals surface area contributed by atoms with Crippen LogP contribution in [0.15, 0.2) is 24.3 Å². The van der Waals surface area contributed by atoms with Crippen molar-refractivity contribution in [3.63, 3.8) is 0 Å². The lowest BCUT2D eigenvalue weighted by molar-refractivity contribution is 0.0835. The Morgan fingerprint density at radius 1 is 0.947 bits per heavy atom. The molecule has 2 saturated heterocycles. The second-order valence-corrected chi connectivity index (χ2v) is 6.35. The third kappa shape index (κ3) is 1.77. The molecule has 0 radical (unpaired) electrons. The Balaban J connectivity index is 1.56. The Kier molecular flexibility index (Phi) is 2.89. The molecule has 0 aliphatic carbocycles. The van der Waals surface area contributed by atoms with Gasteiger partial charge in [0, 0.05) is 18.1 Å². The molecule has 19 heavy (non-hydrogen) atoms. The van der Waals surface area contributed by atoms with Gasteiger partial charge in [-0.05, 0) is 56.4 Å². The second kappa shape index (κ2) is 4.60. The van der Waals surface area contributed by atoms with Gasteiger partial charge in [0.1, 0.15) is 0 Å². The summed E-state index contributed by atoms with van der Waals surface area (Å²) < 4.78 is 0. The van der Waals surface area contributed by atoms with E-state index in [4.69, 9.17) is 0 Å². The van der Waals surface area contributed by atoms with Gasteiger partial charge in [0.25, 0.3) is 0 Å². The van der Waals surface area contributed by atoms with Crippen molar-refractivity contribution < 1.29 is 0 Å². The zero-order valence-electron chi connectivity index (χ0n) is 11.9. The summed E-state index contributed by atoms with van der Waals surface area (Å²) in [5, 5.41) is 0. The number of likely N-dealkylation sites (tertiary alicyclic amines) is 1. The van der Waals surface area contributed by atoms with Crippen molar-refractivity contribution in [2.75, 3.05) is 19.6 Å². The summed E-state index contributed by atoms with van der Waals surface area (Å²) in [6, 6.07) is 11.5. The molecule has 2 heteroatoms. The van der Waals surface area contributed by atoms with Crippen molar-refractivity contribution >= 4 is 0 Å². The standard InChI is InChI=1S/C17H24N2/c1-2-18-11-9-13(10-12-18)19-16-7-8-17(19)15-6-4-3-5-14(15)16/h3-6,13,16-17H,2,7-12H2,1H3. The normalized spacial score (nSPS) is 31.8. The van der Waals surface area contributed by atoms with E-state index in [1.54, 1.807) is 11.1 Å². The average molecular weight is 256 g/mol. The molecule has 0 saturated carbocycles. The van der Waals surface area contributed by atoms with Crippen LogP contribution in [0.1, 0.15) is 55.8 Å². The van der Waals surface area contributed by atoms with E-state index in [9.17, 15) is 0 Å². The van der Waals surface area contributed by atoms with Crippen molar-refractivity contribution in [3.05, 3.63) is 35.4 Å². The first-order valence-corrected chi connectivity index (χ1v) is 7.97. The summed E-state index contributed by atoms with van der Waals surface area (Å²) in [6.07, 6.45) is 5.51. The summed E-state index contributed by atoms with van der Waals surface area (Å²) in [7, 11) is 0. The largest absolute Gasteiger partial charge is 0.303 e. The summed E-state index contributed by atoms with van der Waals surface area (Å²) in [5.74, 6) is 0. The average Bonchev–Trinajstić information content (AvgIpc) is 3.04. The number of fused-ring (bicyclic) bond motifs is 5. The van der Waals surface area contributed by atoms with E-state index in [-0.39, 0.29) is 0 Å². The molecular formula is C17H24N2. The molecule has 0 aromatic heterocycles. The first kappa shape index (κ1) is 11.9. The van der Waals surface area contributed by atoms with E-state index in [2.05, 4.69) is 41.0 Å². The van der Waals surface area contributed by atoms with Gasteiger partial charge in [-0.2, -0.15) is 0 Å². The summed E-state index contributed by atoms with van der Waals surface area (Å²) in [4.78, 5) is 5.47. The molecule has 0 spiro atoms. The molecular weight excluding hydrogens is 232 g/mol. The van der Waals surface area contributed by atoms with E-state index in [1.807, 2.05) is 0 Å². The predicted molar refractivity (Wildman–Crippen MR) is 78.1 cm³/mol. The maximum Gasteiger partial charge on any atom is 0.0361 e. The predicted octanol–water partition coefficient (Wildman–Crippen LogP) is 3.36. The highest BCUT2D eigenvalue weighted by molar-refractivity contribution is 5.40. The van der Waals surface area contributed by atoms with Gasteiger partial charge >= 0.3 is 0 Å². The highest BCUT2D eigenvalue weighted by Crippen LogP contribution is 2.54. The van der Waals surface area contributed by atoms with Crippen LogP contribution in [0.5, 0.6) is 0 Å². The second-order valence-electron chi connectivity index (χ2n) is 6.35. The lowest BCUT2D eigenvalue weighted by Crippen LogP contribution is -2.43. The van der Waals surface area contributed by atoms with E-state index < -0.39 is 0 Å². The van der Waals surface area contributed by atoms with Crippen LogP contribution >= 0.6 is 0 Å². The smallest absolute Gasteiger partial charge is 0.0361 e. The number of hydrogen-bond donors (Lipinski definition) is 0. The highest BCUT2D eigenvalue weighted by atomic mass is 15.3. The van der Waals surface area contributed by atoms with Crippen molar-refractivity contribution in [1.82, 2.24) is 9.80 Å². The Hall–Kier alpha value is -0.860. The van der Waals surface area contributed by atoms with E-state index in [0.29, 0.717) is 0 Å². The molecule has 2 nitrogen and oxygen atoms in total. The van der Waals surface area contributed by atoms with Crippen molar-refractivity contribution in [3.8, 4) is 0 Å². The van der Waals surface area contributed by atoms with Gasteiger partial charge in [0.15, 0.2) is 0 Å². The van der Waals surface area contributed by atoms with Crippen LogP contribution < -0.4 is 0 Å². The molecule has 2 atom stereocenters. The Morgan fingerprint density at radius 3 is 2.05 bits per heavy atom. The van der Waals surface area contributed by atoms with Crippen molar-refractivity contribution in [2.45, 2.75) is 50.7 Å². The Labute approximate surface area is 116 Å². The molecule has 102 valence electrons. The summed E-state index contributed by atoms with van der Waals surface area (Å²) >= 11 is 0. The Bertz CT molecular complexity index is 431. The SMILES string of the molecule is CCN1CCC(N2C3CCC2c2ccccc23)CC1. The highest BCUT2D eigenvalue weighted by Gasteiger charge is 2.46. The van der Waals surface area contributed by atoms with Gasteiger partial charge in [-0.15, -0.1) is 0 Å². The minimum atomic E-state index is 0.736. The van der Waals surface area contributed by atoms with E-state index in [1.165, 1.54) is 45.3 Å². The first-order valence-electron chi connectivity index (χ1n) is 7.97. The first-order chi connectivity index (χ1) is 9.38. The molecule has 0 N–H and O–H groups in total. The van der Waals surface area contributed by atoms with Crippen LogP contribution in [0.4, 0.5) is 0 Å². The van der Waals surface area contributed by atoms with Crippen LogP contribution in [0.3, 0.4) is 0 Å². The minimum Gasteiger partial charge on any atom is -0.303 e. The lowest BCUT2D eigenvalue weighted by atomic mass is 9.92. The number of rotatable bonds is 2. The topological polar surface area (TPSA) is 6.48 Å². The van der Waals surface area contributed by atoms with E-state index >= 15 is 0 Å². The number of nitrogens with zero attached hydrogens (tertiary/aromatic N) is 2. The van der Waals surface area contributed by atoms with E-state index in [0.717, 1.165) is 18.1 Å². The Morgan fingerprint density at radius 2 is 1.53 bits per heavy atom. The molecule has 2 unspecified atom stereocenters. The molecule has 3 aliphatic rings. The summed E-state index contributed by atoms with van der Waals surface area (Å²) in [6.45, 7) is 6.11. The molecule has 1 aromatic carbocycles. The van der Waals surface area contributed by atoms with Crippen LogP contribution in [0.25, 0.3) is 0 Å². The molecule has 2 fully saturated rings. The monoisotopic (exact) mass is 256 g/mol. The minimum absolute atomic E-state index is 0.736. The molecule has 1 aromatic rings. The van der Waals surface area contributed by atoms with Gasteiger partial charge in [0.2, 0.25) is 0 Å². The van der Waals surface area contributed by atoms with Gasteiger partial charge in [0.05, 0.1) is 0 Å². The molecule has 3 aliphatic heterocycles. The molecule has 0 amide bonds. The van der Waals surface area contributed by atoms with Crippen LogP contribution in [-0.2, 0) is 0 Å². The zero-order chi connectivity index (χ0) is 12.8. The molecule has 4 rings (SSSR count). The van der Waals surface area contributed by atoms with Gasteiger partial charge in [-0.1, -0.05) is 31.2 Å². The quantitative estimate of drug-likeness (QED) is 0.800. The lowest BCUT2D eigenvalue weighted by Gasteiger charge is -2.38. The maximum absolute atomic E-state index is 2.87. The fourth-order valence-corrected chi connectivity index (χ4v) is 4.62. The molecule has 2 bridgehead atoms. The number of benzene rings is 1. The fraction of sp³-hybridized carbons (Fsp3) is 0.647. The third-order valence-electron chi connectivity index (χ3n) is 5.57. The van der Waals surface area contributed by atoms with Crippen molar-refractivity contribution in [1.29, 1.82) is 0 Å². The molecule has 3 heterocycles. The van der Waals surface area contributed by atoms with Crippen LogP contribution in [-0.4, -0.2) is 35.5 Å². The maximum atomic E-state index is 2.87. The number of piperidine rings is 1.